The number of hydrogen-bond acceptors (Lipinski definition) is 5. The van der Waals surface area contributed by atoms with Crippen molar-refractivity contribution in [2.24, 2.45) is 0 Å². The summed E-state index contributed by atoms with van der Waals surface area (Å²) in [7, 11) is 1.66. The van der Waals surface area contributed by atoms with Gasteiger partial charge in [0.15, 0.2) is 11.5 Å². The van der Waals surface area contributed by atoms with Crippen molar-refractivity contribution in [2.75, 3.05) is 40.0 Å². The van der Waals surface area contributed by atoms with Gasteiger partial charge in [0.2, 0.25) is 0 Å². The first-order valence-corrected chi connectivity index (χ1v) is 6.18. The van der Waals surface area contributed by atoms with Crippen molar-refractivity contribution in [1.82, 2.24) is 5.32 Å². The van der Waals surface area contributed by atoms with Gasteiger partial charge < -0.3 is 24.3 Å². The minimum atomic E-state index is 0.00419. The zero-order valence-electron chi connectivity index (χ0n) is 10.4. The third kappa shape index (κ3) is 2.11. The van der Waals surface area contributed by atoms with Crippen LogP contribution in [-0.4, -0.2) is 40.0 Å². The van der Waals surface area contributed by atoms with Crippen LogP contribution in [0.3, 0.4) is 0 Å². The van der Waals surface area contributed by atoms with E-state index < -0.39 is 0 Å². The van der Waals surface area contributed by atoms with Gasteiger partial charge in [0.25, 0.3) is 0 Å². The molecule has 1 aromatic rings. The van der Waals surface area contributed by atoms with Crippen molar-refractivity contribution >= 4 is 0 Å². The van der Waals surface area contributed by atoms with E-state index in [2.05, 4.69) is 5.32 Å². The van der Waals surface area contributed by atoms with Crippen molar-refractivity contribution in [3.63, 3.8) is 0 Å². The number of morpholine rings is 1. The van der Waals surface area contributed by atoms with Crippen LogP contribution in [0.25, 0.3) is 0 Å². The summed E-state index contributed by atoms with van der Waals surface area (Å²) in [5, 5.41) is 3.31. The lowest BCUT2D eigenvalue weighted by atomic mass is 10.1. The quantitative estimate of drug-likeness (QED) is 0.853. The van der Waals surface area contributed by atoms with E-state index in [1.165, 1.54) is 0 Å². The van der Waals surface area contributed by atoms with Gasteiger partial charge in [-0.05, 0) is 6.07 Å². The van der Waals surface area contributed by atoms with Gasteiger partial charge in [0.05, 0.1) is 19.8 Å². The molecule has 0 radical (unpaired) electrons. The normalized spacial score (nSPS) is 22.6. The molecule has 1 aromatic carbocycles. The maximum atomic E-state index is 5.76. The summed E-state index contributed by atoms with van der Waals surface area (Å²) in [5.74, 6) is 2.30. The Bertz CT molecular complexity index is 429. The summed E-state index contributed by atoms with van der Waals surface area (Å²) in [5.41, 5.74) is 1.01. The SMILES string of the molecule is COc1cc2c(cc1C1CNCCO1)OCCO2. The fourth-order valence-corrected chi connectivity index (χ4v) is 2.28. The van der Waals surface area contributed by atoms with Crippen molar-refractivity contribution in [3.05, 3.63) is 17.7 Å². The van der Waals surface area contributed by atoms with Crippen LogP contribution in [0.2, 0.25) is 0 Å². The number of benzene rings is 1. The highest BCUT2D eigenvalue weighted by Crippen LogP contribution is 2.40. The molecule has 0 aromatic heterocycles. The highest BCUT2D eigenvalue weighted by Gasteiger charge is 2.23. The van der Waals surface area contributed by atoms with Crippen molar-refractivity contribution in [2.45, 2.75) is 6.10 Å². The van der Waals surface area contributed by atoms with Gasteiger partial charge in [0, 0.05) is 24.7 Å². The van der Waals surface area contributed by atoms with Gasteiger partial charge in [-0.15, -0.1) is 0 Å². The predicted molar refractivity (Wildman–Crippen MR) is 65.5 cm³/mol. The second kappa shape index (κ2) is 5.04. The molecule has 2 aliphatic rings. The van der Waals surface area contributed by atoms with Crippen LogP contribution < -0.4 is 19.5 Å². The zero-order chi connectivity index (χ0) is 12.4. The van der Waals surface area contributed by atoms with E-state index in [0.717, 1.165) is 35.9 Å². The molecule has 0 saturated carbocycles. The Morgan fingerprint density at radius 3 is 2.61 bits per heavy atom. The smallest absolute Gasteiger partial charge is 0.165 e. The fraction of sp³-hybridized carbons (Fsp3) is 0.538. The van der Waals surface area contributed by atoms with Gasteiger partial charge in [0.1, 0.15) is 19.0 Å². The highest BCUT2D eigenvalue weighted by atomic mass is 16.6. The van der Waals surface area contributed by atoms with E-state index in [1.54, 1.807) is 7.11 Å². The van der Waals surface area contributed by atoms with Crippen LogP contribution in [-0.2, 0) is 4.74 Å². The number of methoxy groups -OCH3 is 1. The lowest BCUT2D eigenvalue weighted by Crippen LogP contribution is -2.33. The van der Waals surface area contributed by atoms with Gasteiger partial charge in [-0.2, -0.15) is 0 Å². The third-order valence-electron chi connectivity index (χ3n) is 3.17. The Morgan fingerprint density at radius 2 is 1.94 bits per heavy atom. The zero-order valence-corrected chi connectivity index (χ0v) is 10.4. The van der Waals surface area contributed by atoms with Gasteiger partial charge >= 0.3 is 0 Å². The molecular formula is C13H17NO4. The average Bonchev–Trinajstić information content (AvgIpc) is 2.46. The monoisotopic (exact) mass is 251 g/mol. The maximum Gasteiger partial charge on any atom is 0.165 e. The number of ether oxygens (including phenoxy) is 4. The predicted octanol–water partition coefficient (Wildman–Crippen LogP) is 1.13. The number of nitrogens with one attached hydrogen (secondary N) is 1. The molecule has 2 aliphatic heterocycles. The minimum Gasteiger partial charge on any atom is -0.496 e. The second-order valence-electron chi connectivity index (χ2n) is 4.30. The van der Waals surface area contributed by atoms with Crippen LogP contribution in [0.4, 0.5) is 0 Å². The summed E-state index contributed by atoms with van der Waals surface area (Å²) < 4.78 is 22.3. The maximum absolute atomic E-state index is 5.76. The molecule has 1 unspecified atom stereocenters. The molecule has 0 bridgehead atoms. The molecule has 3 rings (SSSR count). The molecule has 1 fully saturated rings. The second-order valence-corrected chi connectivity index (χ2v) is 4.30. The lowest BCUT2D eigenvalue weighted by Gasteiger charge is -2.27. The Hall–Kier alpha value is -1.46. The number of rotatable bonds is 2. The molecule has 18 heavy (non-hydrogen) atoms. The van der Waals surface area contributed by atoms with Crippen LogP contribution in [0.5, 0.6) is 17.2 Å². The van der Waals surface area contributed by atoms with Gasteiger partial charge in [-0.3, -0.25) is 0 Å². The van der Waals surface area contributed by atoms with Gasteiger partial charge in [-0.1, -0.05) is 0 Å². The summed E-state index contributed by atoms with van der Waals surface area (Å²) in [6.07, 6.45) is 0.00419. The average molecular weight is 251 g/mol. The summed E-state index contributed by atoms with van der Waals surface area (Å²) >= 11 is 0. The Balaban J connectivity index is 1.95. The van der Waals surface area contributed by atoms with Crippen LogP contribution in [0.15, 0.2) is 12.1 Å². The van der Waals surface area contributed by atoms with E-state index in [-0.39, 0.29) is 6.10 Å². The standard InChI is InChI=1S/C13H17NO4/c1-15-10-7-12-11(17-4-5-18-12)6-9(10)13-8-14-2-3-16-13/h6-7,13-14H,2-5,8H2,1H3. The molecule has 5 heteroatoms. The Labute approximate surface area is 106 Å². The first-order valence-electron chi connectivity index (χ1n) is 6.18. The van der Waals surface area contributed by atoms with Crippen LogP contribution in [0.1, 0.15) is 11.7 Å². The topological polar surface area (TPSA) is 49.0 Å². The largest absolute Gasteiger partial charge is 0.496 e. The number of hydrogen-bond donors (Lipinski definition) is 1. The van der Waals surface area contributed by atoms with E-state index in [9.17, 15) is 0 Å². The highest BCUT2D eigenvalue weighted by molar-refractivity contribution is 5.52. The van der Waals surface area contributed by atoms with Gasteiger partial charge in [-0.25, -0.2) is 0 Å². The third-order valence-corrected chi connectivity index (χ3v) is 3.17. The van der Waals surface area contributed by atoms with E-state index in [4.69, 9.17) is 18.9 Å². The van der Waals surface area contributed by atoms with E-state index >= 15 is 0 Å². The molecule has 1 atom stereocenters. The summed E-state index contributed by atoms with van der Waals surface area (Å²) in [4.78, 5) is 0. The molecule has 0 amide bonds. The minimum absolute atomic E-state index is 0.00419. The molecule has 1 saturated heterocycles. The van der Waals surface area contributed by atoms with E-state index in [1.807, 2.05) is 12.1 Å². The molecule has 5 nitrogen and oxygen atoms in total. The van der Waals surface area contributed by atoms with Crippen molar-refractivity contribution in [3.8, 4) is 17.2 Å². The molecular weight excluding hydrogens is 234 g/mol. The van der Waals surface area contributed by atoms with Crippen LogP contribution in [0, 0.1) is 0 Å². The van der Waals surface area contributed by atoms with Crippen LogP contribution >= 0.6 is 0 Å². The summed E-state index contributed by atoms with van der Waals surface area (Å²) in [6, 6.07) is 3.84. The number of fused-ring (bicyclic) bond motifs is 1. The summed E-state index contributed by atoms with van der Waals surface area (Å²) in [6.45, 7) is 3.56. The Kier molecular flexibility index (Phi) is 3.25. The van der Waals surface area contributed by atoms with E-state index in [0.29, 0.717) is 19.8 Å². The molecule has 0 aliphatic carbocycles. The lowest BCUT2D eigenvalue weighted by molar-refractivity contribution is 0.0259. The fourth-order valence-electron chi connectivity index (χ4n) is 2.28. The van der Waals surface area contributed by atoms with Crippen molar-refractivity contribution < 1.29 is 18.9 Å². The molecule has 2 heterocycles. The van der Waals surface area contributed by atoms with Crippen molar-refractivity contribution in [1.29, 1.82) is 0 Å². The molecule has 98 valence electrons. The molecule has 0 spiro atoms. The first kappa shape index (κ1) is 11.6. The Morgan fingerprint density at radius 1 is 1.17 bits per heavy atom. The first-order chi connectivity index (χ1) is 8.88. The molecule has 1 N–H and O–H groups in total.